The number of primary amides is 1. The molecule has 0 aliphatic carbocycles. The molecule has 13 nitrogen and oxygen atoms in total. The van der Waals surface area contributed by atoms with Crippen LogP contribution < -0.4 is 32.7 Å². The molecule has 13 heteroatoms. The maximum Gasteiger partial charge on any atom is 0.253 e. The number of aliphatic hydroxyl groups is 1. The van der Waals surface area contributed by atoms with E-state index < -0.39 is 59.8 Å². The van der Waals surface area contributed by atoms with Gasteiger partial charge in [-0.2, -0.15) is 0 Å². The molecule has 0 saturated carbocycles. The van der Waals surface area contributed by atoms with Crippen LogP contribution in [0, 0.1) is 11.8 Å². The lowest BCUT2D eigenvalue weighted by atomic mass is 9.95. The summed E-state index contributed by atoms with van der Waals surface area (Å²) in [6.07, 6.45) is 3.62. The van der Waals surface area contributed by atoms with Gasteiger partial charge in [-0.05, 0) is 79.0 Å². The minimum absolute atomic E-state index is 0.0122. The Morgan fingerprint density at radius 2 is 1.46 bits per heavy atom. The van der Waals surface area contributed by atoms with Crippen molar-refractivity contribution < 1.29 is 29.1 Å². The third kappa shape index (κ3) is 13.3. The number of hydrogen-bond acceptors (Lipinski definition) is 8. The van der Waals surface area contributed by atoms with Crippen molar-refractivity contribution in [1.29, 1.82) is 0 Å². The predicted octanol–water partition coefficient (Wildman–Crippen LogP) is 2.49. The van der Waals surface area contributed by atoms with E-state index in [2.05, 4.69) is 26.3 Å². The van der Waals surface area contributed by atoms with Gasteiger partial charge in [0.05, 0.1) is 24.1 Å². The number of unbranched alkanes of at least 4 members (excludes halogenated alkanes) is 1. The number of nitrogens with zero attached hydrogens (tertiary/aromatic N) is 1. The lowest BCUT2D eigenvalue weighted by molar-refractivity contribution is -0.132. The van der Waals surface area contributed by atoms with Gasteiger partial charge in [-0.3, -0.25) is 29.0 Å². The van der Waals surface area contributed by atoms with Crippen molar-refractivity contribution >= 4 is 40.3 Å². The number of nitrogens with one attached hydrogen (secondary N) is 4. The number of nitrogens with two attached hydrogens (primary N) is 2. The van der Waals surface area contributed by atoms with E-state index in [9.17, 15) is 29.1 Å². The zero-order chi connectivity index (χ0) is 38.2. The van der Waals surface area contributed by atoms with Crippen molar-refractivity contribution in [2.75, 3.05) is 6.54 Å². The predicted molar refractivity (Wildman–Crippen MR) is 201 cm³/mol. The molecular weight excluding hydrogens is 662 g/mol. The molecule has 0 spiro atoms. The number of benzene rings is 2. The summed E-state index contributed by atoms with van der Waals surface area (Å²) in [7, 11) is 0. The summed E-state index contributed by atoms with van der Waals surface area (Å²) in [4.78, 5) is 70.1. The van der Waals surface area contributed by atoms with Crippen molar-refractivity contribution in [3.05, 3.63) is 78.1 Å². The van der Waals surface area contributed by atoms with Gasteiger partial charge in [0, 0.05) is 18.8 Å². The number of fused-ring (bicyclic) bond motifs is 1. The van der Waals surface area contributed by atoms with E-state index in [1.807, 2.05) is 70.2 Å². The fourth-order valence-electron chi connectivity index (χ4n) is 6.08. The van der Waals surface area contributed by atoms with Crippen LogP contribution in [0.3, 0.4) is 0 Å². The van der Waals surface area contributed by atoms with Gasteiger partial charge in [-0.15, -0.1) is 0 Å². The van der Waals surface area contributed by atoms with Crippen LogP contribution >= 0.6 is 0 Å². The summed E-state index contributed by atoms with van der Waals surface area (Å²) in [5.74, 6) is -2.83. The molecule has 0 fully saturated rings. The zero-order valence-corrected chi connectivity index (χ0v) is 30.6. The molecule has 5 amide bonds. The van der Waals surface area contributed by atoms with Crippen LogP contribution in [0.4, 0.5) is 0 Å². The quantitative estimate of drug-likeness (QED) is 0.0810. The highest BCUT2D eigenvalue weighted by molar-refractivity contribution is 5.98. The van der Waals surface area contributed by atoms with E-state index in [-0.39, 0.29) is 36.7 Å². The van der Waals surface area contributed by atoms with Gasteiger partial charge < -0.3 is 37.8 Å². The van der Waals surface area contributed by atoms with E-state index in [0.717, 1.165) is 16.3 Å². The first-order valence-electron chi connectivity index (χ1n) is 18.0. The molecule has 0 bridgehead atoms. The Morgan fingerprint density at radius 3 is 2.12 bits per heavy atom. The van der Waals surface area contributed by atoms with Crippen LogP contribution in [0.1, 0.15) is 82.1 Å². The number of aliphatic hydroxyl groups excluding tert-OH is 1. The fraction of sp³-hybridized carbons (Fsp3) is 0.487. The van der Waals surface area contributed by atoms with Crippen LogP contribution in [0.5, 0.6) is 0 Å². The highest BCUT2D eigenvalue weighted by Gasteiger charge is 2.32. The first-order valence-corrected chi connectivity index (χ1v) is 18.0. The molecule has 3 rings (SSSR count). The van der Waals surface area contributed by atoms with E-state index in [1.54, 1.807) is 18.3 Å². The minimum atomic E-state index is -1.29. The molecule has 2 aromatic carbocycles. The zero-order valence-electron chi connectivity index (χ0n) is 30.6. The van der Waals surface area contributed by atoms with E-state index in [4.69, 9.17) is 11.5 Å². The van der Waals surface area contributed by atoms with Gasteiger partial charge in [0.25, 0.3) is 5.91 Å². The molecule has 0 aliphatic heterocycles. The summed E-state index contributed by atoms with van der Waals surface area (Å²) in [6.45, 7) is 8.11. The van der Waals surface area contributed by atoms with E-state index >= 15 is 0 Å². The largest absolute Gasteiger partial charge is 0.390 e. The van der Waals surface area contributed by atoms with Crippen LogP contribution in [0.2, 0.25) is 0 Å². The lowest BCUT2D eigenvalue weighted by Crippen LogP contribution is -2.57. The average molecular weight is 718 g/mol. The van der Waals surface area contributed by atoms with Crippen molar-refractivity contribution in [3.63, 3.8) is 0 Å². The van der Waals surface area contributed by atoms with Gasteiger partial charge in [0.1, 0.15) is 18.1 Å². The Bertz CT molecular complexity index is 1630. The van der Waals surface area contributed by atoms with E-state index in [0.29, 0.717) is 32.2 Å². The SMILES string of the molecule is CC(C)C[C@H](NC(=O)[C@H](Cc1cccc2ccccc12)NC(=O)c1cccnc1)C(=O)N[C@@H](CC(C)C)[C@@H](O)CC(=O)N[C@@H](CCCCN)C(N)=O. The lowest BCUT2D eigenvalue weighted by Gasteiger charge is -2.29. The second-order valence-corrected chi connectivity index (χ2v) is 14.1. The van der Waals surface area contributed by atoms with Gasteiger partial charge in [0.2, 0.25) is 23.6 Å². The van der Waals surface area contributed by atoms with Crippen molar-refractivity contribution in [2.24, 2.45) is 23.3 Å². The van der Waals surface area contributed by atoms with Gasteiger partial charge in [-0.25, -0.2) is 0 Å². The minimum Gasteiger partial charge on any atom is -0.390 e. The van der Waals surface area contributed by atoms with Gasteiger partial charge in [0.15, 0.2) is 0 Å². The second-order valence-electron chi connectivity index (χ2n) is 14.1. The summed E-state index contributed by atoms with van der Waals surface area (Å²) in [5, 5.41) is 24.3. The Labute approximate surface area is 306 Å². The van der Waals surface area contributed by atoms with E-state index in [1.165, 1.54) is 6.20 Å². The number of carbonyl (C=O) groups excluding carboxylic acids is 5. The molecule has 0 unspecified atom stereocenters. The van der Waals surface area contributed by atoms with Crippen molar-refractivity contribution in [3.8, 4) is 0 Å². The number of aromatic nitrogens is 1. The topological polar surface area (TPSA) is 219 Å². The Balaban J connectivity index is 1.81. The molecule has 3 aromatic rings. The molecule has 0 radical (unpaired) electrons. The first-order chi connectivity index (χ1) is 24.8. The molecule has 1 heterocycles. The van der Waals surface area contributed by atoms with Crippen molar-refractivity contribution in [2.45, 2.75) is 103 Å². The molecule has 5 atom stereocenters. The van der Waals surface area contributed by atoms with Gasteiger partial charge >= 0.3 is 0 Å². The maximum atomic E-state index is 14.1. The monoisotopic (exact) mass is 717 g/mol. The van der Waals surface area contributed by atoms with Crippen molar-refractivity contribution in [1.82, 2.24) is 26.3 Å². The Morgan fingerprint density at radius 1 is 0.769 bits per heavy atom. The Kier molecular flexibility index (Phi) is 16.6. The third-order valence-electron chi connectivity index (χ3n) is 8.73. The summed E-state index contributed by atoms with van der Waals surface area (Å²) in [6, 6.07) is 12.9. The first kappa shape index (κ1) is 41.5. The molecule has 282 valence electrons. The second kappa shape index (κ2) is 20.8. The maximum absolute atomic E-state index is 14.1. The Hall–Kier alpha value is -4.88. The smallest absolute Gasteiger partial charge is 0.253 e. The molecular formula is C39H55N7O6. The van der Waals surface area contributed by atoms with Crippen LogP contribution in [0.15, 0.2) is 67.0 Å². The highest BCUT2D eigenvalue weighted by Crippen LogP contribution is 2.21. The average Bonchev–Trinajstić information content (AvgIpc) is 3.10. The third-order valence-corrected chi connectivity index (χ3v) is 8.73. The van der Waals surface area contributed by atoms with Crippen LogP contribution in [-0.2, 0) is 25.6 Å². The summed E-state index contributed by atoms with van der Waals surface area (Å²) >= 11 is 0. The van der Waals surface area contributed by atoms with Crippen LogP contribution in [0.25, 0.3) is 10.8 Å². The molecule has 0 saturated heterocycles. The number of pyridine rings is 1. The highest BCUT2D eigenvalue weighted by atomic mass is 16.3. The fourth-order valence-corrected chi connectivity index (χ4v) is 6.08. The normalized spacial score (nSPS) is 14.2. The number of carbonyl (C=O) groups is 5. The molecule has 9 N–H and O–H groups in total. The number of hydrogen-bond donors (Lipinski definition) is 7. The van der Waals surface area contributed by atoms with Gasteiger partial charge in [-0.1, -0.05) is 70.2 Å². The molecule has 52 heavy (non-hydrogen) atoms. The number of amides is 5. The standard InChI is InChI=1S/C39H55N7O6/c1-24(2)19-31(34(47)22-35(48)43-30(36(41)49)16-7-8-17-40)44-38(51)32(20-25(3)4)46-39(52)33(45-37(50)28-14-10-18-42-23-28)21-27-13-9-12-26-11-5-6-15-29(26)27/h5-6,9-15,18,23-25,30-34,47H,7-8,16-17,19-22,40H2,1-4H3,(H2,41,49)(H,43,48)(H,44,51)(H,45,50)(H,46,52)/t30-,31-,32-,33-,34-/m0/s1. The summed E-state index contributed by atoms with van der Waals surface area (Å²) < 4.78 is 0. The number of rotatable bonds is 21. The molecule has 0 aliphatic rings. The summed E-state index contributed by atoms with van der Waals surface area (Å²) in [5.41, 5.74) is 12.1. The molecule has 1 aromatic heterocycles. The van der Waals surface area contributed by atoms with Crippen LogP contribution in [-0.4, -0.2) is 76.4 Å².